The lowest BCUT2D eigenvalue weighted by atomic mass is 10.2. The zero-order chi connectivity index (χ0) is 21.3. The SMILES string of the molecule is CN(C)CCCOc1ccc(NC(=O)c2ccc(=O)n(Cc3ccccc3)n2)cc1. The highest BCUT2D eigenvalue weighted by Crippen LogP contribution is 2.16. The summed E-state index contributed by atoms with van der Waals surface area (Å²) in [6, 6.07) is 19.5. The first-order valence-electron chi connectivity index (χ1n) is 9.82. The van der Waals surface area contributed by atoms with E-state index < -0.39 is 0 Å². The van der Waals surface area contributed by atoms with Crippen molar-refractivity contribution in [1.82, 2.24) is 14.7 Å². The van der Waals surface area contributed by atoms with Crippen LogP contribution in [0.2, 0.25) is 0 Å². The molecule has 0 aliphatic heterocycles. The van der Waals surface area contributed by atoms with E-state index in [0.29, 0.717) is 18.8 Å². The fourth-order valence-corrected chi connectivity index (χ4v) is 2.84. The van der Waals surface area contributed by atoms with Crippen LogP contribution in [0.5, 0.6) is 5.75 Å². The first-order valence-corrected chi connectivity index (χ1v) is 9.82. The van der Waals surface area contributed by atoms with Crippen LogP contribution in [-0.2, 0) is 6.54 Å². The standard InChI is InChI=1S/C23H26N4O3/c1-26(2)15-6-16-30-20-11-9-19(10-12-20)24-23(29)21-13-14-22(28)27(25-21)17-18-7-4-3-5-8-18/h3-5,7-14H,6,15-17H2,1-2H3,(H,24,29). The van der Waals surface area contributed by atoms with Crippen LogP contribution in [0.25, 0.3) is 0 Å². The highest BCUT2D eigenvalue weighted by Gasteiger charge is 2.10. The highest BCUT2D eigenvalue weighted by molar-refractivity contribution is 6.02. The number of ether oxygens (including phenoxy) is 1. The Morgan fingerprint density at radius 2 is 1.77 bits per heavy atom. The minimum atomic E-state index is -0.378. The van der Waals surface area contributed by atoms with Gasteiger partial charge in [-0.2, -0.15) is 5.10 Å². The summed E-state index contributed by atoms with van der Waals surface area (Å²) in [6.45, 7) is 1.91. The van der Waals surface area contributed by atoms with E-state index in [0.717, 1.165) is 24.3 Å². The average molecular weight is 406 g/mol. The van der Waals surface area contributed by atoms with Crippen molar-refractivity contribution < 1.29 is 9.53 Å². The average Bonchev–Trinajstić information content (AvgIpc) is 2.74. The number of benzene rings is 2. The maximum absolute atomic E-state index is 12.6. The molecule has 156 valence electrons. The molecule has 1 N–H and O–H groups in total. The quantitative estimate of drug-likeness (QED) is 0.553. The number of rotatable bonds is 9. The van der Waals surface area contributed by atoms with Crippen molar-refractivity contribution in [3.8, 4) is 5.75 Å². The van der Waals surface area contributed by atoms with E-state index in [1.54, 1.807) is 12.1 Å². The maximum atomic E-state index is 12.6. The molecule has 0 aliphatic carbocycles. The molecule has 1 amide bonds. The minimum Gasteiger partial charge on any atom is -0.494 e. The molecule has 0 fully saturated rings. The zero-order valence-electron chi connectivity index (χ0n) is 17.2. The number of aromatic nitrogens is 2. The monoisotopic (exact) mass is 406 g/mol. The summed E-state index contributed by atoms with van der Waals surface area (Å²) >= 11 is 0. The van der Waals surface area contributed by atoms with Crippen molar-refractivity contribution in [2.45, 2.75) is 13.0 Å². The Morgan fingerprint density at radius 3 is 2.47 bits per heavy atom. The van der Waals surface area contributed by atoms with E-state index in [1.165, 1.54) is 16.8 Å². The lowest BCUT2D eigenvalue weighted by Crippen LogP contribution is -2.26. The number of anilines is 1. The second-order valence-electron chi connectivity index (χ2n) is 7.18. The van der Waals surface area contributed by atoms with Crippen LogP contribution in [-0.4, -0.2) is 47.8 Å². The van der Waals surface area contributed by atoms with Crippen molar-refractivity contribution in [3.05, 3.63) is 88.3 Å². The molecule has 0 unspecified atom stereocenters. The number of amides is 1. The third kappa shape index (κ3) is 6.28. The van der Waals surface area contributed by atoms with Crippen molar-refractivity contribution >= 4 is 11.6 Å². The molecule has 0 atom stereocenters. The van der Waals surface area contributed by atoms with Crippen LogP contribution in [0.1, 0.15) is 22.5 Å². The van der Waals surface area contributed by atoms with Crippen molar-refractivity contribution in [2.24, 2.45) is 0 Å². The number of hydrogen-bond acceptors (Lipinski definition) is 5. The largest absolute Gasteiger partial charge is 0.494 e. The Kier molecular flexibility index (Phi) is 7.34. The van der Waals surface area contributed by atoms with Gasteiger partial charge >= 0.3 is 0 Å². The molecule has 0 aliphatic rings. The molecular formula is C23H26N4O3. The van der Waals surface area contributed by atoms with Gasteiger partial charge in [-0.05, 0) is 56.4 Å². The van der Waals surface area contributed by atoms with Gasteiger partial charge in [0, 0.05) is 18.3 Å². The molecule has 2 aromatic carbocycles. The molecule has 1 aromatic heterocycles. The third-order valence-electron chi connectivity index (χ3n) is 4.41. The van der Waals surface area contributed by atoms with E-state index >= 15 is 0 Å². The molecule has 0 bridgehead atoms. The summed E-state index contributed by atoms with van der Waals surface area (Å²) in [5, 5.41) is 7.01. The second-order valence-corrected chi connectivity index (χ2v) is 7.18. The van der Waals surface area contributed by atoms with Crippen LogP contribution >= 0.6 is 0 Å². The number of nitrogens with zero attached hydrogens (tertiary/aromatic N) is 3. The molecule has 30 heavy (non-hydrogen) atoms. The smallest absolute Gasteiger partial charge is 0.276 e. The summed E-state index contributed by atoms with van der Waals surface area (Å²) in [7, 11) is 4.06. The lowest BCUT2D eigenvalue weighted by molar-refractivity contribution is 0.102. The molecule has 0 saturated carbocycles. The van der Waals surface area contributed by atoms with E-state index in [2.05, 4.69) is 15.3 Å². The molecule has 0 radical (unpaired) electrons. The summed E-state index contributed by atoms with van der Waals surface area (Å²) in [4.78, 5) is 26.8. The van der Waals surface area contributed by atoms with Crippen molar-refractivity contribution in [3.63, 3.8) is 0 Å². The number of nitrogens with one attached hydrogen (secondary N) is 1. The van der Waals surface area contributed by atoms with Crippen molar-refractivity contribution in [1.29, 1.82) is 0 Å². The normalized spacial score (nSPS) is 10.8. The molecule has 3 aromatic rings. The number of hydrogen-bond donors (Lipinski definition) is 1. The molecule has 7 nitrogen and oxygen atoms in total. The van der Waals surface area contributed by atoms with Gasteiger partial charge in [-0.15, -0.1) is 0 Å². The molecule has 0 saturated heterocycles. The Balaban J connectivity index is 1.60. The molecule has 3 rings (SSSR count). The first kappa shape index (κ1) is 21.3. The third-order valence-corrected chi connectivity index (χ3v) is 4.41. The maximum Gasteiger partial charge on any atom is 0.276 e. The second kappa shape index (κ2) is 10.4. The van der Waals surface area contributed by atoms with Gasteiger partial charge in [0.25, 0.3) is 11.5 Å². The summed E-state index contributed by atoms with van der Waals surface area (Å²) < 4.78 is 6.98. The van der Waals surface area contributed by atoms with Gasteiger partial charge < -0.3 is 15.0 Å². The summed E-state index contributed by atoms with van der Waals surface area (Å²) in [6.07, 6.45) is 0.940. The summed E-state index contributed by atoms with van der Waals surface area (Å²) in [5.74, 6) is 0.373. The van der Waals surface area contributed by atoms with Crippen LogP contribution in [0.15, 0.2) is 71.5 Å². The van der Waals surface area contributed by atoms with Gasteiger partial charge in [-0.1, -0.05) is 30.3 Å². The zero-order valence-corrected chi connectivity index (χ0v) is 17.2. The Labute approximate surface area is 175 Å². The van der Waals surface area contributed by atoms with Gasteiger partial charge in [0.2, 0.25) is 0 Å². The number of carbonyl (C=O) groups is 1. The Hall–Kier alpha value is -3.45. The first-order chi connectivity index (χ1) is 14.5. The van der Waals surface area contributed by atoms with E-state index in [1.807, 2.05) is 56.6 Å². The highest BCUT2D eigenvalue weighted by atomic mass is 16.5. The van der Waals surface area contributed by atoms with E-state index in [4.69, 9.17) is 4.74 Å². The van der Waals surface area contributed by atoms with Crippen LogP contribution in [0, 0.1) is 0 Å². The Bertz CT molecular complexity index is 1010. The molecule has 0 spiro atoms. The molecular weight excluding hydrogens is 380 g/mol. The fourth-order valence-electron chi connectivity index (χ4n) is 2.84. The lowest BCUT2D eigenvalue weighted by Gasteiger charge is -2.11. The van der Waals surface area contributed by atoms with E-state index in [9.17, 15) is 9.59 Å². The van der Waals surface area contributed by atoms with Gasteiger partial charge in [-0.25, -0.2) is 4.68 Å². The summed E-state index contributed by atoms with van der Waals surface area (Å²) in [5.41, 5.74) is 1.48. The number of carbonyl (C=O) groups excluding carboxylic acids is 1. The predicted octanol–water partition coefficient (Wildman–Crippen LogP) is 2.87. The van der Waals surface area contributed by atoms with Gasteiger partial charge in [0.1, 0.15) is 11.4 Å². The van der Waals surface area contributed by atoms with Gasteiger partial charge in [-0.3, -0.25) is 9.59 Å². The van der Waals surface area contributed by atoms with Gasteiger partial charge in [0.05, 0.1) is 13.2 Å². The Morgan fingerprint density at radius 1 is 1.03 bits per heavy atom. The minimum absolute atomic E-state index is 0.176. The van der Waals surface area contributed by atoms with Crippen LogP contribution in [0.3, 0.4) is 0 Å². The van der Waals surface area contributed by atoms with Crippen LogP contribution < -0.4 is 15.6 Å². The van der Waals surface area contributed by atoms with Crippen molar-refractivity contribution in [2.75, 3.05) is 32.6 Å². The van der Waals surface area contributed by atoms with Crippen LogP contribution in [0.4, 0.5) is 5.69 Å². The topological polar surface area (TPSA) is 76.5 Å². The predicted molar refractivity (Wildman–Crippen MR) is 117 cm³/mol. The van der Waals surface area contributed by atoms with Gasteiger partial charge in [0.15, 0.2) is 0 Å². The molecule has 7 heteroatoms. The fraction of sp³-hybridized carbons (Fsp3) is 0.261. The molecule has 1 heterocycles. The van der Waals surface area contributed by atoms with E-state index in [-0.39, 0.29) is 17.2 Å².